The second kappa shape index (κ2) is 6.06. The van der Waals surface area contributed by atoms with Crippen molar-refractivity contribution in [3.8, 4) is 0 Å². The van der Waals surface area contributed by atoms with Crippen molar-refractivity contribution in [1.82, 2.24) is 0 Å². The van der Waals surface area contributed by atoms with Gasteiger partial charge in [0.25, 0.3) is 5.69 Å². The molecule has 4 nitrogen and oxygen atoms in total. The summed E-state index contributed by atoms with van der Waals surface area (Å²) in [6.07, 6.45) is 3.47. The fourth-order valence-corrected chi connectivity index (χ4v) is 3.17. The van der Waals surface area contributed by atoms with Crippen LogP contribution >= 0.6 is 0 Å². The average molecular weight is 283 g/mol. The molecule has 1 atom stereocenters. The molecule has 0 fully saturated rings. The van der Waals surface area contributed by atoms with Crippen molar-refractivity contribution in [2.24, 2.45) is 0 Å². The molecule has 0 heterocycles. The first-order valence-corrected chi connectivity index (χ1v) is 7.39. The third-order valence-corrected chi connectivity index (χ3v) is 4.23. The Bertz CT molecular complexity index is 655. The van der Waals surface area contributed by atoms with E-state index in [1.165, 1.54) is 17.5 Å². The zero-order valence-corrected chi connectivity index (χ0v) is 11.9. The highest BCUT2D eigenvalue weighted by molar-refractivity contribution is 5.39. The van der Waals surface area contributed by atoms with E-state index in [1.807, 2.05) is 12.1 Å². The molecule has 1 aliphatic carbocycles. The second-order valence-corrected chi connectivity index (χ2v) is 5.52. The molecule has 0 amide bonds. The molecule has 0 spiro atoms. The van der Waals surface area contributed by atoms with Gasteiger partial charge in [-0.1, -0.05) is 36.4 Å². The molecule has 2 N–H and O–H groups in total. The molecule has 0 saturated carbocycles. The molecule has 0 radical (unpaired) electrons. The van der Waals surface area contributed by atoms with Crippen LogP contribution < -0.4 is 5.32 Å². The zero-order chi connectivity index (χ0) is 14.7. The quantitative estimate of drug-likeness (QED) is 0.693. The van der Waals surface area contributed by atoms with Gasteiger partial charge in [0, 0.05) is 18.1 Å². The van der Waals surface area contributed by atoms with Gasteiger partial charge in [0.2, 0.25) is 0 Å². The van der Waals surface area contributed by atoms with Crippen LogP contribution in [-0.4, -0.2) is 4.92 Å². The van der Waals surface area contributed by atoms with Crippen molar-refractivity contribution in [3.63, 3.8) is 0 Å². The van der Waals surface area contributed by atoms with Crippen molar-refractivity contribution < 1.29 is 10.2 Å². The maximum atomic E-state index is 11.1. The third-order valence-electron chi connectivity index (χ3n) is 4.23. The number of nitrogens with two attached hydrogens (primary N) is 1. The number of fused-ring (bicyclic) bond motifs is 1. The molecule has 0 bridgehead atoms. The summed E-state index contributed by atoms with van der Waals surface area (Å²) >= 11 is 0. The predicted octanol–water partition coefficient (Wildman–Crippen LogP) is 2.74. The van der Waals surface area contributed by atoms with Crippen molar-refractivity contribution in [2.75, 3.05) is 0 Å². The lowest BCUT2D eigenvalue weighted by atomic mass is 9.87. The van der Waals surface area contributed by atoms with Crippen LogP contribution in [0.4, 0.5) is 5.69 Å². The number of nitro groups is 1. The summed E-state index contributed by atoms with van der Waals surface area (Å²) in [7, 11) is 0. The Balaban J connectivity index is 1.76. The smallest absolute Gasteiger partial charge is 0.278 e. The van der Waals surface area contributed by atoms with E-state index in [4.69, 9.17) is 0 Å². The summed E-state index contributed by atoms with van der Waals surface area (Å²) in [5.74, 6) is 0. The fraction of sp³-hybridized carbons (Fsp3) is 0.294. The molecule has 21 heavy (non-hydrogen) atoms. The van der Waals surface area contributed by atoms with Gasteiger partial charge in [-0.15, -0.1) is 0 Å². The zero-order valence-electron chi connectivity index (χ0n) is 11.9. The van der Waals surface area contributed by atoms with Gasteiger partial charge in [-0.3, -0.25) is 10.1 Å². The SMILES string of the molecule is O=[N+]([O-])c1ccccc1C[NH2+][C@@H]1CCCc2ccccc21. The number of hydrogen-bond donors (Lipinski definition) is 1. The van der Waals surface area contributed by atoms with Crippen LogP contribution in [0.3, 0.4) is 0 Å². The number of rotatable bonds is 4. The van der Waals surface area contributed by atoms with Gasteiger partial charge in [0.05, 0.1) is 10.5 Å². The van der Waals surface area contributed by atoms with Gasteiger partial charge in [-0.2, -0.15) is 0 Å². The largest absolute Gasteiger partial charge is 0.336 e. The fourth-order valence-electron chi connectivity index (χ4n) is 3.17. The minimum absolute atomic E-state index is 0.220. The van der Waals surface area contributed by atoms with Gasteiger partial charge < -0.3 is 5.32 Å². The Hall–Kier alpha value is -2.20. The van der Waals surface area contributed by atoms with Crippen molar-refractivity contribution in [1.29, 1.82) is 0 Å². The monoisotopic (exact) mass is 283 g/mol. The standard InChI is InChI=1S/C17H18N2O2/c20-19(21)17-11-4-2-7-14(17)12-18-16-10-5-8-13-6-1-3-9-15(13)16/h1-4,6-7,9,11,16,18H,5,8,10,12H2/p+1/t16-/m1/s1. The summed E-state index contributed by atoms with van der Waals surface area (Å²) in [5, 5.41) is 13.3. The van der Waals surface area contributed by atoms with E-state index < -0.39 is 0 Å². The van der Waals surface area contributed by atoms with Gasteiger partial charge in [0.1, 0.15) is 12.6 Å². The second-order valence-electron chi connectivity index (χ2n) is 5.52. The maximum Gasteiger partial charge on any atom is 0.278 e. The normalized spacial score (nSPS) is 17.2. The van der Waals surface area contributed by atoms with Crippen LogP contribution in [-0.2, 0) is 13.0 Å². The van der Waals surface area contributed by atoms with Crippen LogP contribution in [0, 0.1) is 10.1 Å². The summed E-state index contributed by atoms with van der Waals surface area (Å²) in [6, 6.07) is 16.0. The summed E-state index contributed by atoms with van der Waals surface area (Å²) in [6.45, 7) is 0.649. The van der Waals surface area contributed by atoms with Crippen molar-refractivity contribution in [2.45, 2.75) is 31.8 Å². The number of aryl methyl sites for hydroxylation is 1. The van der Waals surface area contributed by atoms with Crippen LogP contribution in [0.5, 0.6) is 0 Å². The minimum Gasteiger partial charge on any atom is -0.336 e. The number of nitro benzene ring substituents is 1. The average Bonchev–Trinajstić information content (AvgIpc) is 2.53. The summed E-state index contributed by atoms with van der Waals surface area (Å²) < 4.78 is 0. The Kier molecular flexibility index (Phi) is 3.97. The first kappa shape index (κ1) is 13.8. The lowest BCUT2D eigenvalue weighted by molar-refractivity contribution is -0.712. The van der Waals surface area contributed by atoms with Crippen LogP contribution in [0.15, 0.2) is 48.5 Å². The predicted molar refractivity (Wildman–Crippen MR) is 80.8 cm³/mol. The number of hydrogen-bond acceptors (Lipinski definition) is 2. The number of quaternary nitrogens is 1. The third kappa shape index (κ3) is 2.95. The first-order chi connectivity index (χ1) is 10.3. The Morgan fingerprint density at radius 3 is 2.76 bits per heavy atom. The Morgan fingerprint density at radius 1 is 1.14 bits per heavy atom. The number of nitrogens with zero attached hydrogens (tertiary/aromatic N) is 1. The van der Waals surface area contributed by atoms with Crippen molar-refractivity contribution >= 4 is 5.69 Å². The first-order valence-electron chi connectivity index (χ1n) is 7.39. The molecule has 0 aliphatic heterocycles. The molecule has 0 unspecified atom stereocenters. The van der Waals surface area contributed by atoms with E-state index in [0.29, 0.717) is 12.6 Å². The number of para-hydroxylation sites is 1. The van der Waals surface area contributed by atoms with Gasteiger partial charge in [0.15, 0.2) is 0 Å². The summed E-state index contributed by atoms with van der Waals surface area (Å²) in [5.41, 5.74) is 3.83. The van der Waals surface area contributed by atoms with Crippen LogP contribution in [0.25, 0.3) is 0 Å². The summed E-state index contributed by atoms with van der Waals surface area (Å²) in [4.78, 5) is 10.8. The maximum absolute atomic E-state index is 11.1. The van der Waals surface area contributed by atoms with E-state index in [-0.39, 0.29) is 10.6 Å². The van der Waals surface area contributed by atoms with E-state index in [0.717, 1.165) is 18.4 Å². The number of benzene rings is 2. The lowest BCUT2D eigenvalue weighted by Gasteiger charge is -2.23. The highest BCUT2D eigenvalue weighted by atomic mass is 16.6. The molecule has 0 aromatic heterocycles. The molecule has 2 aromatic rings. The molecular weight excluding hydrogens is 264 g/mol. The van der Waals surface area contributed by atoms with Gasteiger partial charge in [-0.05, 0) is 24.5 Å². The van der Waals surface area contributed by atoms with Gasteiger partial charge >= 0.3 is 0 Å². The highest BCUT2D eigenvalue weighted by Gasteiger charge is 2.23. The Labute approximate surface area is 124 Å². The molecule has 108 valence electrons. The van der Waals surface area contributed by atoms with E-state index in [2.05, 4.69) is 29.6 Å². The van der Waals surface area contributed by atoms with Crippen LogP contribution in [0.1, 0.15) is 35.6 Å². The van der Waals surface area contributed by atoms with E-state index in [9.17, 15) is 10.1 Å². The van der Waals surface area contributed by atoms with Crippen molar-refractivity contribution in [3.05, 3.63) is 75.3 Å². The topological polar surface area (TPSA) is 59.8 Å². The van der Waals surface area contributed by atoms with E-state index >= 15 is 0 Å². The Morgan fingerprint density at radius 2 is 1.90 bits per heavy atom. The molecule has 3 rings (SSSR count). The highest BCUT2D eigenvalue weighted by Crippen LogP contribution is 2.27. The molecule has 1 aliphatic rings. The van der Waals surface area contributed by atoms with E-state index in [1.54, 1.807) is 12.1 Å². The minimum atomic E-state index is -0.294. The van der Waals surface area contributed by atoms with Crippen LogP contribution in [0.2, 0.25) is 0 Å². The molecule has 0 saturated heterocycles. The molecular formula is C17H19N2O2+. The molecule has 2 aromatic carbocycles. The van der Waals surface area contributed by atoms with Gasteiger partial charge in [-0.25, -0.2) is 0 Å². The molecule has 4 heteroatoms. The lowest BCUT2D eigenvalue weighted by Crippen LogP contribution is -2.84.